The van der Waals surface area contributed by atoms with Crippen LogP contribution in [0, 0.1) is 18.6 Å². The van der Waals surface area contributed by atoms with E-state index >= 15 is 0 Å². The summed E-state index contributed by atoms with van der Waals surface area (Å²) in [5.74, 6) is 0.0494. The minimum absolute atomic E-state index is 0.0328. The Kier molecular flexibility index (Phi) is 6.89. The second-order valence-corrected chi connectivity index (χ2v) is 9.56. The Labute approximate surface area is 218 Å². The molecule has 0 spiro atoms. The molecule has 0 bridgehead atoms. The van der Waals surface area contributed by atoms with Crippen LogP contribution in [-0.4, -0.2) is 71.7 Å². The number of pyridine rings is 1. The maximum Gasteiger partial charge on any atom is 0.407 e. The van der Waals surface area contributed by atoms with Crippen LogP contribution in [0.2, 0.25) is 0 Å². The van der Waals surface area contributed by atoms with Crippen LogP contribution in [0.15, 0.2) is 36.7 Å². The number of hydrogen-bond acceptors (Lipinski definition) is 7. The molecule has 198 valence electrons. The Morgan fingerprint density at radius 2 is 1.82 bits per heavy atom. The quantitative estimate of drug-likeness (QED) is 0.378. The first-order valence-electron chi connectivity index (χ1n) is 12.3. The number of rotatable bonds is 6. The van der Waals surface area contributed by atoms with Crippen molar-refractivity contribution in [1.29, 1.82) is 0 Å². The summed E-state index contributed by atoms with van der Waals surface area (Å²) in [5.41, 5.74) is 2.03. The minimum atomic E-state index is -0.893. The molecule has 0 saturated carbocycles. The van der Waals surface area contributed by atoms with Crippen molar-refractivity contribution >= 4 is 28.9 Å². The molecular formula is C26H28F2N8O2. The van der Waals surface area contributed by atoms with Gasteiger partial charge in [0.15, 0.2) is 11.6 Å². The molecule has 1 aromatic carbocycles. The second kappa shape index (κ2) is 10.3. The van der Waals surface area contributed by atoms with Crippen LogP contribution in [0.25, 0.3) is 22.3 Å². The number of benzene rings is 1. The van der Waals surface area contributed by atoms with E-state index in [0.29, 0.717) is 49.9 Å². The summed E-state index contributed by atoms with van der Waals surface area (Å²) in [6, 6.07) is 6.65. The van der Waals surface area contributed by atoms with Crippen molar-refractivity contribution in [3.8, 4) is 11.3 Å². The van der Waals surface area contributed by atoms with Gasteiger partial charge in [-0.1, -0.05) is 6.07 Å². The van der Waals surface area contributed by atoms with Gasteiger partial charge in [0, 0.05) is 50.5 Å². The molecule has 0 unspecified atom stereocenters. The maximum absolute atomic E-state index is 14.9. The molecule has 2 N–H and O–H groups in total. The summed E-state index contributed by atoms with van der Waals surface area (Å²) in [6.07, 6.45) is 1.87. The van der Waals surface area contributed by atoms with Gasteiger partial charge < -0.3 is 19.9 Å². The highest BCUT2D eigenvalue weighted by atomic mass is 19.1. The van der Waals surface area contributed by atoms with Crippen LogP contribution in [0.4, 0.5) is 25.3 Å². The predicted octanol–water partition coefficient (Wildman–Crippen LogP) is 4.60. The van der Waals surface area contributed by atoms with Gasteiger partial charge in [0.25, 0.3) is 0 Å². The zero-order valence-electron chi connectivity index (χ0n) is 21.3. The van der Waals surface area contributed by atoms with Gasteiger partial charge >= 0.3 is 6.09 Å². The average Bonchev–Trinajstić information content (AvgIpc) is 3.23. The van der Waals surface area contributed by atoms with Gasteiger partial charge in [-0.15, -0.1) is 0 Å². The van der Waals surface area contributed by atoms with Crippen molar-refractivity contribution in [2.24, 2.45) is 0 Å². The number of piperazine rings is 1. The van der Waals surface area contributed by atoms with Crippen molar-refractivity contribution in [3.63, 3.8) is 0 Å². The fourth-order valence-electron chi connectivity index (χ4n) is 4.75. The number of aromatic nitrogens is 5. The zero-order valence-corrected chi connectivity index (χ0v) is 21.3. The molecule has 1 saturated heterocycles. The van der Waals surface area contributed by atoms with Crippen molar-refractivity contribution in [2.75, 3.05) is 31.5 Å². The van der Waals surface area contributed by atoms with Crippen molar-refractivity contribution in [2.45, 2.75) is 33.4 Å². The largest absolute Gasteiger partial charge is 0.465 e. The number of aryl methyl sites for hydroxylation is 1. The summed E-state index contributed by atoms with van der Waals surface area (Å²) in [4.78, 5) is 31.7. The third-order valence-electron chi connectivity index (χ3n) is 6.57. The maximum atomic E-state index is 14.9. The van der Waals surface area contributed by atoms with E-state index in [2.05, 4.69) is 30.2 Å². The number of nitrogens with zero attached hydrogens (tertiary/aromatic N) is 7. The summed E-state index contributed by atoms with van der Waals surface area (Å²) in [5, 5.41) is 12.1. The summed E-state index contributed by atoms with van der Waals surface area (Å²) in [6.45, 7) is 8.67. The molecule has 1 aliphatic heterocycles. The third kappa shape index (κ3) is 5.12. The van der Waals surface area contributed by atoms with E-state index in [0.717, 1.165) is 11.8 Å². The van der Waals surface area contributed by atoms with Gasteiger partial charge in [0.05, 0.1) is 11.7 Å². The summed E-state index contributed by atoms with van der Waals surface area (Å²) < 4.78 is 31.6. The number of nitrogens with one attached hydrogen (secondary N) is 1. The molecule has 0 radical (unpaired) electrons. The SMILES string of the molecule is Cc1nc2c(F)cc(-c3nc(Nc4ccc(CN5CCN(C(=O)O)CC5)cn4)ncc3F)cc2n1C(C)C. The molecule has 1 amide bonds. The van der Waals surface area contributed by atoms with Crippen LogP contribution in [0.3, 0.4) is 0 Å². The first-order chi connectivity index (χ1) is 18.2. The zero-order chi connectivity index (χ0) is 27.0. The normalized spacial score (nSPS) is 14.4. The number of carbonyl (C=O) groups is 1. The van der Waals surface area contributed by atoms with Gasteiger partial charge in [-0.2, -0.15) is 0 Å². The van der Waals surface area contributed by atoms with Gasteiger partial charge in [-0.25, -0.2) is 33.5 Å². The molecule has 10 nitrogen and oxygen atoms in total. The van der Waals surface area contributed by atoms with E-state index in [9.17, 15) is 13.6 Å². The van der Waals surface area contributed by atoms with Gasteiger partial charge in [-0.3, -0.25) is 4.90 Å². The van der Waals surface area contributed by atoms with E-state index in [1.807, 2.05) is 31.4 Å². The number of amides is 1. The molecule has 12 heteroatoms. The standard InChI is InChI=1S/C26H28F2N8O2/c1-15(2)36-16(3)31-24-19(27)10-18(11-21(24)36)23-20(28)13-30-25(33-23)32-22-5-4-17(12-29-22)14-34-6-8-35(9-7-34)26(37)38/h4-5,10-13,15H,6-9,14H2,1-3H3,(H,37,38)(H,29,30,32,33). The lowest BCUT2D eigenvalue weighted by molar-refractivity contribution is 0.103. The fraction of sp³-hybridized carbons (Fsp3) is 0.346. The van der Waals surface area contributed by atoms with E-state index < -0.39 is 17.7 Å². The van der Waals surface area contributed by atoms with Crippen LogP contribution in [0.1, 0.15) is 31.3 Å². The molecule has 0 atom stereocenters. The van der Waals surface area contributed by atoms with E-state index in [4.69, 9.17) is 5.11 Å². The lowest BCUT2D eigenvalue weighted by Gasteiger charge is -2.32. The number of anilines is 2. The fourth-order valence-corrected chi connectivity index (χ4v) is 4.75. The topological polar surface area (TPSA) is 112 Å². The first-order valence-corrected chi connectivity index (χ1v) is 12.3. The van der Waals surface area contributed by atoms with E-state index in [-0.39, 0.29) is 28.8 Å². The Morgan fingerprint density at radius 1 is 1.05 bits per heavy atom. The second-order valence-electron chi connectivity index (χ2n) is 9.56. The molecule has 1 aliphatic rings. The van der Waals surface area contributed by atoms with Crippen molar-refractivity contribution in [1.82, 2.24) is 34.3 Å². The predicted molar refractivity (Wildman–Crippen MR) is 138 cm³/mol. The van der Waals surface area contributed by atoms with Gasteiger partial charge in [0.2, 0.25) is 5.95 Å². The van der Waals surface area contributed by atoms with Gasteiger partial charge in [0.1, 0.15) is 22.9 Å². The number of hydrogen-bond donors (Lipinski definition) is 2. The molecule has 0 aliphatic carbocycles. The van der Waals surface area contributed by atoms with E-state index in [1.54, 1.807) is 18.3 Å². The Balaban J connectivity index is 1.33. The van der Waals surface area contributed by atoms with Crippen molar-refractivity contribution < 1.29 is 18.7 Å². The Hall–Kier alpha value is -4.19. The molecule has 4 heterocycles. The molecular weight excluding hydrogens is 494 g/mol. The highest BCUT2D eigenvalue weighted by molar-refractivity contribution is 5.83. The monoisotopic (exact) mass is 522 g/mol. The number of halogens is 2. The lowest BCUT2D eigenvalue weighted by Crippen LogP contribution is -2.47. The number of carboxylic acid groups (broad SMARTS) is 1. The van der Waals surface area contributed by atoms with Crippen LogP contribution in [0.5, 0.6) is 0 Å². The van der Waals surface area contributed by atoms with Crippen LogP contribution < -0.4 is 5.32 Å². The molecule has 5 rings (SSSR count). The number of fused-ring (bicyclic) bond motifs is 1. The summed E-state index contributed by atoms with van der Waals surface area (Å²) in [7, 11) is 0. The first kappa shape index (κ1) is 25.5. The minimum Gasteiger partial charge on any atom is -0.465 e. The van der Waals surface area contributed by atoms with Crippen LogP contribution in [-0.2, 0) is 6.54 Å². The van der Waals surface area contributed by atoms with E-state index in [1.165, 1.54) is 11.0 Å². The lowest BCUT2D eigenvalue weighted by atomic mass is 10.1. The number of imidazole rings is 1. The highest BCUT2D eigenvalue weighted by Crippen LogP contribution is 2.30. The third-order valence-corrected chi connectivity index (χ3v) is 6.57. The highest BCUT2D eigenvalue weighted by Gasteiger charge is 2.21. The molecule has 3 aromatic heterocycles. The molecule has 4 aromatic rings. The van der Waals surface area contributed by atoms with Crippen molar-refractivity contribution in [3.05, 3.63) is 59.7 Å². The van der Waals surface area contributed by atoms with Crippen LogP contribution >= 0.6 is 0 Å². The Morgan fingerprint density at radius 3 is 2.47 bits per heavy atom. The Bertz CT molecular complexity index is 1480. The molecule has 1 fully saturated rings. The van der Waals surface area contributed by atoms with Gasteiger partial charge in [-0.05, 0) is 44.5 Å². The molecule has 38 heavy (non-hydrogen) atoms. The average molecular weight is 523 g/mol. The summed E-state index contributed by atoms with van der Waals surface area (Å²) >= 11 is 0. The smallest absolute Gasteiger partial charge is 0.407 e.